The van der Waals surface area contributed by atoms with Crippen molar-refractivity contribution in [2.24, 2.45) is 0 Å². The quantitative estimate of drug-likeness (QED) is 0.533. The van der Waals surface area contributed by atoms with Gasteiger partial charge in [0.25, 0.3) is 5.91 Å². The van der Waals surface area contributed by atoms with Crippen LogP contribution in [-0.2, 0) is 16.2 Å². The molecule has 0 fully saturated rings. The van der Waals surface area contributed by atoms with Crippen molar-refractivity contribution in [1.29, 1.82) is 0 Å². The number of hydrogen-bond acceptors (Lipinski definition) is 4. The first kappa shape index (κ1) is 21.1. The summed E-state index contributed by atoms with van der Waals surface area (Å²) in [5, 5.41) is 8.23. The number of para-hydroxylation sites is 1. The molecule has 0 aliphatic carbocycles. The highest BCUT2D eigenvalue weighted by Crippen LogP contribution is 2.20. The van der Waals surface area contributed by atoms with Crippen LogP contribution in [0.1, 0.15) is 28.8 Å². The van der Waals surface area contributed by atoms with Crippen LogP contribution in [0.3, 0.4) is 0 Å². The van der Waals surface area contributed by atoms with Gasteiger partial charge >= 0.3 is 0 Å². The normalized spacial score (nSPS) is 15.1. The van der Waals surface area contributed by atoms with Gasteiger partial charge in [-0.05, 0) is 48.4 Å². The summed E-state index contributed by atoms with van der Waals surface area (Å²) in [6.07, 6.45) is 0.274. The van der Waals surface area contributed by atoms with Crippen molar-refractivity contribution in [3.63, 3.8) is 0 Å². The average Bonchev–Trinajstić information content (AvgIpc) is 2.93. The molecule has 7 nitrogen and oxygen atoms in total. The number of carbonyl (C=O) groups excluding carboxylic acids is 3. The van der Waals surface area contributed by atoms with Crippen molar-refractivity contribution >= 4 is 29.1 Å². The topological polar surface area (TPSA) is 96.5 Å². The highest BCUT2D eigenvalue weighted by molar-refractivity contribution is 6.10. The number of amides is 3. The van der Waals surface area contributed by atoms with Crippen LogP contribution in [0.25, 0.3) is 0 Å². The molecule has 0 saturated heterocycles. The lowest BCUT2D eigenvalue weighted by Gasteiger charge is -2.14. The average molecular weight is 429 g/mol. The van der Waals surface area contributed by atoms with Crippen LogP contribution in [-0.4, -0.2) is 23.8 Å². The maximum atomic E-state index is 12.4. The zero-order valence-corrected chi connectivity index (χ0v) is 17.3. The molecule has 3 aromatic carbocycles. The SMILES string of the molecule is O=C(CC[C@@H]1NC(=O)c2ccccc2NC1=O)Nc1ccc(OCc2ccccc2)cc1. The molecule has 3 aromatic rings. The molecule has 1 heterocycles. The molecule has 32 heavy (non-hydrogen) atoms. The summed E-state index contributed by atoms with van der Waals surface area (Å²) in [5.74, 6) is -0.220. The first-order valence-electron chi connectivity index (χ1n) is 10.4. The third-order valence-corrected chi connectivity index (χ3v) is 5.10. The van der Waals surface area contributed by atoms with Crippen molar-refractivity contribution < 1.29 is 19.1 Å². The molecule has 7 heteroatoms. The van der Waals surface area contributed by atoms with Gasteiger partial charge < -0.3 is 20.7 Å². The van der Waals surface area contributed by atoms with Crippen LogP contribution in [0, 0.1) is 0 Å². The van der Waals surface area contributed by atoms with E-state index >= 15 is 0 Å². The number of ether oxygens (including phenoxy) is 1. The third kappa shape index (κ3) is 5.31. The predicted molar refractivity (Wildman–Crippen MR) is 121 cm³/mol. The molecule has 0 spiro atoms. The maximum absolute atomic E-state index is 12.4. The smallest absolute Gasteiger partial charge is 0.254 e. The molecule has 0 saturated carbocycles. The van der Waals surface area contributed by atoms with Crippen molar-refractivity contribution in [3.8, 4) is 5.75 Å². The molecule has 3 N–H and O–H groups in total. The number of carbonyl (C=O) groups is 3. The van der Waals surface area contributed by atoms with Crippen LogP contribution in [0.5, 0.6) is 5.75 Å². The van der Waals surface area contributed by atoms with Crippen LogP contribution in [0.15, 0.2) is 78.9 Å². The van der Waals surface area contributed by atoms with Crippen molar-refractivity contribution in [1.82, 2.24) is 5.32 Å². The zero-order valence-electron chi connectivity index (χ0n) is 17.3. The Bertz CT molecular complexity index is 1110. The lowest BCUT2D eigenvalue weighted by molar-refractivity contribution is -0.118. The van der Waals surface area contributed by atoms with Crippen molar-refractivity contribution in [2.75, 3.05) is 10.6 Å². The Morgan fingerprint density at radius 1 is 0.906 bits per heavy atom. The van der Waals surface area contributed by atoms with Gasteiger partial charge in [0.1, 0.15) is 18.4 Å². The molecule has 1 atom stereocenters. The lowest BCUT2D eigenvalue weighted by Crippen LogP contribution is -2.41. The van der Waals surface area contributed by atoms with Crippen LogP contribution in [0.4, 0.5) is 11.4 Å². The summed E-state index contributed by atoms with van der Waals surface area (Å²) >= 11 is 0. The summed E-state index contributed by atoms with van der Waals surface area (Å²) < 4.78 is 5.74. The van der Waals surface area contributed by atoms with E-state index in [1.807, 2.05) is 30.3 Å². The van der Waals surface area contributed by atoms with E-state index in [4.69, 9.17) is 4.74 Å². The number of hydrogen-bond donors (Lipinski definition) is 3. The van der Waals surface area contributed by atoms with Gasteiger partial charge in [-0.25, -0.2) is 0 Å². The number of rotatable bonds is 7. The molecule has 0 radical (unpaired) electrons. The second-order valence-electron chi connectivity index (χ2n) is 7.45. The Hall–Kier alpha value is -4.13. The summed E-state index contributed by atoms with van der Waals surface area (Å²) in [4.78, 5) is 37.1. The van der Waals surface area contributed by atoms with E-state index in [1.54, 1.807) is 48.5 Å². The van der Waals surface area contributed by atoms with Gasteiger partial charge in [-0.15, -0.1) is 0 Å². The Balaban J connectivity index is 1.27. The summed E-state index contributed by atoms with van der Waals surface area (Å²) in [7, 11) is 0. The number of fused-ring (bicyclic) bond motifs is 1. The first-order chi connectivity index (χ1) is 15.6. The highest BCUT2D eigenvalue weighted by Gasteiger charge is 2.27. The van der Waals surface area contributed by atoms with E-state index < -0.39 is 6.04 Å². The van der Waals surface area contributed by atoms with Gasteiger partial charge in [-0.3, -0.25) is 14.4 Å². The fraction of sp³-hybridized carbons (Fsp3) is 0.160. The van der Waals surface area contributed by atoms with Crippen LogP contribution < -0.4 is 20.7 Å². The monoisotopic (exact) mass is 429 g/mol. The second-order valence-corrected chi connectivity index (χ2v) is 7.45. The van der Waals surface area contributed by atoms with Gasteiger partial charge in [0.15, 0.2) is 0 Å². The van der Waals surface area contributed by atoms with Crippen LogP contribution in [0.2, 0.25) is 0 Å². The number of benzene rings is 3. The van der Waals surface area contributed by atoms with Gasteiger partial charge in [-0.2, -0.15) is 0 Å². The van der Waals surface area contributed by atoms with E-state index in [-0.39, 0.29) is 30.6 Å². The van der Waals surface area contributed by atoms with E-state index in [0.29, 0.717) is 29.3 Å². The Labute approximate surface area is 185 Å². The molecule has 4 rings (SSSR count). The van der Waals surface area contributed by atoms with Gasteiger partial charge in [0, 0.05) is 12.1 Å². The van der Waals surface area contributed by atoms with Crippen LogP contribution >= 0.6 is 0 Å². The molecule has 3 amide bonds. The molecule has 0 aromatic heterocycles. The number of nitrogens with one attached hydrogen (secondary N) is 3. The van der Waals surface area contributed by atoms with E-state index in [1.165, 1.54) is 0 Å². The molecule has 1 aliphatic rings. The molecule has 0 bridgehead atoms. The number of anilines is 2. The van der Waals surface area contributed by atoms with Crippen molar-refractivity contribution in [3.05, 3.63) is 90.0 Å². The summed E-state index contributed by atoms with van der Waals surface area (Å²) in [5.41, 5.74) is 2.57. The standard InChI is InChI=1S/C25H23N3O4/c29-23(15-14-22-25(31)27-21-9-5-4-8-20(21)24(30)28-22)26-18-10-12-19(13-11-18)32-16-17-6-2-1-3-7-17/h1-13,22H,14-16H2,(H,26,29)(H,27,31)(H,28,30)/t22-/m0/s1. The van der Waals surface area contributed by atoms with Gasteiger partial charge in [-0.1, -0.05) is 42.5 Å². The highest BCUT2D eigenvalue weighted by atomic mass is 16.5. The molecule has 162 valence electrons. The largest absolute Gasteiger partial charge is 0.489 e. The second kappa shape index (κ2) is 9.78. The summed E-state index contributed by atoms with van der Waals surface area (Å²) in [6.45, 7) is 0.464. The van der Waals surface area contributed by atoms with Crippen molar-refractivity contribution in [2.45, 2.75) is 25.5 Å². The molecular formula is C25H23N3O4. The van der Waals surface area contributed by atoms with Gasteiger partial charge in [0.05, 0.1) is 11.3 Å². The van der Waals surface area contributed by atoms with E-state index in [9.17, 15) is 14.4 Å². The lowest BCUT2D eigenvalue weighted by atomic mass is 10.1. The minimum Gasteiger partial charge on any atom is -0.489 e. The summed E-state index contributed by atoms with van der Waals surface area (Å²) in [6, 6.07) is 23.0. The maximum Gasteiger partial charge on any atom is 0.254 e. The minimum absolute atomic E-state index is 0.0843. The molecule has 0 unspecified atom stereocenters. The predicted octanol–water partition coefficient (Wildman–Crippen LogP) is 3.74. The Morgan fingerprint density at radius 2 is 1.62 bits per heavy atom. The molecule has 1 aliphatic heterocycles. The third-order valence-electron chi connectivity index (χ3n) is 5.10. The minimum atomic E-state index is -0.783. The fourth-order valence-electron chi connectivity index (χ4n) is 3.39. The van der Waals surface area contributed by atoms with E-state index in [0.717, 1.165) is 5.56 Å². The van der Waals surface area contributed by atoms with Gasteiger partial charge in [0.2, 0.25) is 11.8 Å². The fourth-order valence-corrected chi connectivity index (χ4v) is 3.39. The first-order valence-corrected chi connectivity index (χ1v) is 10.4. The Kier molecular flexibility index (Phi) is 6.46. The Morgan fingerprint density at radius 3 is 2.41 bits per heavy atom. The van der Waals surface area contributed by atoms with E-state index in [2.05, 4.69) is 16.0 Å². The zero-order chi connectivity index (χ0) is 22.3. The molecular weight excluding hydrogens is 406 g/mol.